The molecule has 3 aromatic heterocycles. The van der Waals surface area contributed by atoms with E-state index < -0.39 is 0 Å². The summed E-state index contributed by atoms with van der Waals surface area (Å²) < 4.78 is 9.53. The maximum atomic E-state index is 5.86. The molecule has 9 heteroatoms. The van der Waals surface area contributed by atoms with E-state index in [-0.39, 0.29) is 6.10 Å². The summed E-state index contributed by atoms with van der Waals surface area (Å²) in [6.45, 7) is 2.98. The molecule has 0 amide bonds. The molecule has 5 rings (SSSR count). The normalized spacial score (nSPS) is 17.8. The predicted molar refractivity (Wildman–Crippen MR) is 98.3 cm³/mol. The zero-order valence-electron chi connectivity index (χ0n) is 14.0. The lowest BCUT2D eigenvalue weighted by Gasteiger charge is -2.32. The molecule has 26 heavy (non-hydrogen) atoms. The molecule has 0 spiro atoms. The highest BCUT2D eigenvalue weighted by Gasteiger charge is 2.24. The van der Waals surface area contributed by atoms with Crippen LogP contribution in [0, 0.1) is 0 Å². The molecule has 1 fully saturated rings. The first-order valence-electron chi connectivity index (χ1n) is 8.47. The van der Waals surface area contributed by atoms with Gasteiger partial charge >= 0.3 is 0 Å². The highest BCUT2D eigenvalue weighted by molar-refractivity contribution is 7.20. The number of fused-ring (bicyclic) bond motifs is 1. The van der Waals surface area contributed by atoms with Crippen molar-refractivity contribution >= 4 is 21.4 Å². The first kappa shape index (κ1) is 15.5. The fraction of sp³-hybridized carbons (Fsp3) is 0.294. The Morgan fingerprint density at radius 1 is 1.23 bits per heavy atom. The average molecular weight is 367 g/mol. The molecule has 1 aliphatic rings. The maximum Gasteiger partial charge on any atom is 0.214 e. The lowest BCUT2D eigenvalue weighted by molar-refractivity contribution is 0.0270. The van der Waals surface area contributed by atoms with Crippen LogP contribution in [0.25, 0.3) is 16.2 Å². The lowest BCUT2D eigenvalue weighted by atomic mass is 10.2. The third kappa shape index (κ3) is 2.95. The van der Waals surface area contributed by atoms with E-state index in [4.69, 9.17) is 14.8 Å². The van der Waals surface area contributed by atoms with Gasteiger partial charge in [0.1, 0.15) is 0 Å². The molecular formula is C17H17N7OS. The fourth-order valence-electron chi connectivity index (χ4n) is 3.11. The van der Waals surface area contributed by atoms with E-state index in [0.717, 1.165) is 34.4 Å². The average Bonchev–Trinajstić information content (AvgIpc) is 3.39. The number of imidazole rings is 1. The molecule has 132 valence electrons. The van der Waals surface area contributed by atoms with Crippen molar-refractivity contribution in [3.8, 4) is 11.3 Å². The van der Waals surface area contributed by atoms with E-state index >= 15 is 0 Å². The minimum atomic E-state index is 0.0709. The highest BCUT2D eigenvalue weighted by atomic mass is 32.1. The molecule has 0 N–H and O–H groups in total. The molecule has 0 saturated carbocycles. The summed E-state index contributed by atoms with van der Waals surface area (Å²) in [6.07, 6.45) is 5.59. The maximum absolute atomic E-state index is 5.86. The molecule has 1 aromatic carbocycles. The van der Waals surface area contributed by atoms with Crippen LogP contribution in [0.2, 0.25) is 0 Å². The molecule has 1 unspecified atom stereocenters. The zero-order valence-corrected chi connectivity index (χ0v) is 14.8. The smallest absolute Gasteiger partial charge is 0.214 e. The Bertz CT molecular complexity index is 963. The zero-order chi connectivity index (χ0) is 17.3. The van der Waals surface area contributed by atoms with Gasteiger partial charge in [0.05, 0.1) is 37.3 Å². The van der Waals surface area contributed by atoms with Gasteiger partial charge in [-0.3, -0.25) is 0 Å². The summed E-state index contributed by atoms with van der Waals surface area (Å²) in [5.74, 6) is 0. The Morgan fingerprint density at radius 3 is 2.96 bits per heavy atom. The van der Waals surface area contributed by atoms with Crippen LogP contribution >= 0.6 is 11.3 Å². The molecule has 1 atom stereocenters. The Hall–Kier alpha value is -2.78. The Balaban J connectivity index is 1.34. The topological polar surface area (TPSA) is 73.4 Å². The quantitative estimate of drug-likeness (QED) is 0.549. The number of morpholine rings is 1. The van der Waals surface area contributed by atoms with E-state index in [1.165, 1.54) is 0 Å². The third-order valence-corrected chi connectivity index (χ3v) is 5.36. The van der Waals surface area contributed by atoms with Gasteiger partial charge in [0, 0.05) is 24.8 Å². The van der Waals surface area contributed by atoms with Crippen molar-refractivity contribution in [2.24, 2.45) is 0 Å². The largest absolute Gasteiger partial charge is 0.373 e. The number of anilines is 1. The monoisotopic (exact) mass is 367 g/mol. The van der Waals surface area contributed by atoms with Gasteiger partial charge in [-0.2, -0.15) is 0 Å². The number of rotatable bonds is 4. The second-order valence-corrected chi connectivity index (χ2v) is 7.10. The second kappa shape index (κ2) is 6.50. The van der Waals surface area contributed by atoms with E-state index in [0.29, 0.717) is 13.2 Å². The van der Waals surface area contributed by atoms with Crippen LogP contribution < -0.4 is 4.90 Å². The summed E-state index contributed by atoms with van der Waals surface area (Å²) in [6, 6.07) is 10.2. The summed E-state index contributed by atoms with van der Waals surface area (Å²) >= 11 is 1.61. The number of aromatic nitrogens is 6. The molecule has 4 aromatic rings. The van der Waals surface area contributed by atoms with Gasteiger partial charge < -0.3 is 9.64 Å². The van der Waals surface area contributed by atoms with Gasteiger partial charge in [0.25, 0.3) is 0 Å². The second-order valence-electron chi connectivity index (χ2n) is 6.17. The minimum absolute atomic E-state index is 0.0709. The first-order chi connectivity index (χ1) is 12.8. The van der Waals surface area contributed by atoms with Gasteiger partial charge in [-0.05, 0) is 0 Å². The summed E-state index contributed by atoms with van der Waals surface area (Å²) in [7, 11) is 0. The Labute approximate surface area is 153 Å². The molecule has 0 bridgehead atoms. The van der Waals surface area contributed by atoms with Crippen molar-refractivity contribution in [2.45, 2.75) is 12.6 Å². The number of ether oxygens (including phenoxy) is 1. The van der Waals surface area contributed by atoms with Crippen LogP contribution in [0.1, 0.15) is 0 Å². The van der Waals surface area contributed by atoms with Crippen molar-refractivity contribution in [1.29, 1.82) is 0 Å². The standard InChI is InChI=1S/C17H17N7OS/c1-2-4-13(5-3-1)15-12-24-16(19-15)26-17(20-24)22-8-9-25-14(10-22)11-23-7-6-18-21-23/h1-7,12,14H,8-11H2. The van der Waals surface area contributed by atoms with Crippen molar-refractivity contribution < 1.29 is 4.74 Å². The van der Waals surface area contributed by atoms with Crippen LogP contribution in [0.3, 0.4) is 0 Å². The summed E-state index contributed by atoms with van der Waals surface area (Å²) in [4.78, 5) is 7.87. The van der Waals surface area contributed by atoms with Gasteiger partial charge in [-0.15, -0.1) is 10.2 Å². The molecule has 1 saturated heterocycles. The molecule has 4 heterocycles. The number of hydrogen-bond donors (Lipinski definition) is 0. The highest BCUT2D eigenvalue weighted by Crippen LogP contribution is 2.27. The third-order valence-electron chi connectivity index (χ3n) is 4.37. The van der Waals surface area contributed by atoms with Gasteiger partial charge in [0.2, 0.25) is 10.1 Å². The van der Waals surface area contributed by atoms with Gasteiger partial charge in [-0.25, -0.2) is 14.2 Å². The first-order valence-corrected chi connectivity index (χ1v) is 9.29. The molecule has 1 aliphatic heterocycles. The number of hydrogen-bond acceptors (Lipinski definition) is 7. The van der Waals surface area contributed by atoms with Crippen LogP contribution in [-0.2, 0) is 11.3 Å². The van der Waals surface area contributed by atoms with Gasteiger partial charge in [0.15, 0.2) is 0 Å². The van der Waals surface area contributed by atoms with Crippen LogP contribution in [0.15, 0.2) is 48.9 Å². The van der Waals surface area contributed by atoms with E-state index in [1.807, 2.05) is 35.1 Å². The van der Waals surface area contributed by atoms with E-state index in [2.05, 4.69) is 27.3 Å². The predicted octanol–water partition coefficient (Wildman–Crippen LogP) is 1.95. The minimum Gasteiger partial charge on any atom is -0.373 e. The van der Waals surface area contributed by atoms with Crippen molar-refractivity contribution in [1.82, 2.24) is 29.6 Å². The SMILES string of the molecule is c1ccc(-c2cn3nc(N4CCOC(Cn5ccnn5)C4)sc3n2)cc1. The van der Waals surface area contributed by atoms with Crippen LogP contribution in [-0.4, -0.2) is 55.4 Å². The van der Waals surface area contributed by atoms with E-state index in [1.54, 1.807) is 22.2 Å². The number of benzene rings is 1. The van der Waals surface area contributed by atoms with Crippen LogP contribution in [0.4, 0.5) is 5.13 Å². The Morgan fingerprint density at radius 2 is 2.15 bits per heavy atom. The molecule has 8 nitrogen and oxygen atoms in total. The van der Waals surface area contributed by atoms with Crippen molar-refractivity contribution in [3.63, 3.8) is 0 Å². The fourth-order valence-corrected chi connectivity index (χ4v) is 4.03. The summed E-state index contributed by atoms with van der Waals surface area (Å²) in [5, 5.41) is 13.5. The lowest BCUT2D eigenvalue weighted by Crippen LogP contribution is -2.44. The summed E-state index contributed by atoms with van der Waals surface area (Å²) in [5.41, 5.74) is 2.05. The van der Waals surface area contributed by atoms with E-state index in [9.17, 15) is 0 Å². The van der Waals surface area contributed by atoms with Gasteiger partial charge in [-0.1, -0.05) is 46.9 Å². The molecule has 0 aliphatic carbocycles. The van der Waals surface area contributed by atoms with Crippen molar-refractivity contribution in [2.75, 3.05) is 24.6 Å². The van der Waals surface area contributed by atoms with Crippen molar-refractivity contribution in [3.05, 3.63) is 48.9 Å². The van der Waals surface area contributed by atoms with Crippen LogP contribution in [0.5, 0.6) is 0 Å². The molecular weight excluding hydrogens is 350 g/mol. The number of nitrogens with zero attached hydrogens (tertiary/aromatic N) is 7. The Kier molecular flexibility index (Phi) is 3.87. The molecule has 0 radical (unpaired) electrons.